The minimum atomic E-state index is -0.474. The van der Waals surface area contributed by atoms with E-state index in [1.807, 2.05) is 27.0 Å². The molecule has 0 bridgehead atoms. The van der Waals surface area contributed by atoms with Crippen LogP contribution in [0, 0.1) is 0 Å². The average molecular weight is 329 g/mol. The monoisotopic (exact) mass is 329 g/mol. The van der Waals surface area contributed by atoms with Gasteiger partial charge in [0.1, 0.15) is 11.4 Å². The molecular weight excluding hydrogens is 306 g/mol. The SMILES string of the molecule is COc1cncc2[nH]cc(C3=CCN(C(=O)OC(C)(C)C)CC3)c12. The Hall–Kier alpha value is -2.50. The maximum absolute atomic E-state index is 12.2. The van der Waals surface area contributed by atoms with E-state index in [2.05, 4.69) is 16.0 Å². The zero-order valence-corrected chi connectivity index (χ0v) is 14.5. The molecule has 1 amide bonds. The number of aromatic nitrogens is 2. The number of carbonyl (C=O) groups excluding carboxylic acids is 1. The van der Waals surface area contributed by atoms with Gasteiger partial charge < -0.3 is 19.4 Å². The summed E-state index contributed by atoms with van der Waals surface area (Å²) in [7, 11) is 1.65. The molecule has 1 aliphatic rings. The minimum absolute atomic E-state index is 0.265. The first kappa shape index (κ1) is 16.4. The van der Waals surface area contributed by atoms with E-state index in [9.17, 15) is 4.79 Å². The van der Waals surface area contributed by atoms with Gasteiger partial charge in [-0.1, -0.05) is 6.08 Å². The molecule has 0 unspecified atom stereocenters. The van der Waals surface area contributed by atoms with Crippen molar-refractivity contribution in [2.45, 2.75) is 32.8 Å². The summed E-state index contributed by atoms with van der Waals surface area (Å²) in [6, 6.07) is 0. The van der Waals surface area contributed by atoms with Crippen molar-refractivity contribution in [1.29, 1.82) is 0 Å². The van der Waals surface area contributed by atoms with Crippen LogP contribution in [0.2, 0.25) is 0 Å². The number of nitrogens with one attached hydrogen (secondary N) is 1. The van der Waals surface area contributed by atoms with E-state index in [0.717, 1.165) is 28.6 Å². The lowest BCUT2D eigenvalue weighted by Crippen LogP contribution is -2.39. The fraction of sp³-hybridized carbons (Fsp3) is 0.444. The number of methoxy groups -OCH3 is 1. The molecule has 0 radical (unpaired) electrons. The summed E-state index contributed by atoms with van der Waals surface area (Å²) >= 11 is 0. The smallest absolute Gasteiger partial charge is 0.410 e. The number of hydrogen-bond donors (Lipinski definition) is 1. The Labute approximate surface area is 141 Å². The summed E-state index contributed by atoms with van der Waals surface area (Å²) < 4.78 is 10.9. The first-order chi connectivity index (χ1) is 11.4. The standard InChI is InChI=1S/C18H23N3O3/c1-18(2,3)24-17(22)21-7-5-12(6-8-21)13-9-20-14-10-19-11-15(23-4)16(13)14/h5,9-11,20H,6-8H2,1-4H3. The number of rotatable bonds is 2. The molecule has 128 valence electrons. The van der Waals surface area contributed by atoms with Crippen LogP contribution in [0.3, 0.4) is 0 Å². The zero-order valence-electron chi connectivity index (χ0n) is 14.5. The summed E-state index contributed by atoms with van der Waals surface area (Å²) in [4.78, 5) is 21.3. The highest BCUT2D eigenvalue weighted by Crippen LogP contribution is 2.34. The Morgan fingerprint density at radius 2 is 2.12 bits per heavy atom. The summed E-state index contributed by atoms with van der Waals surface area (Å²) in [5, 5.41) is 1.03. The second kappa shape index (κ2) is 6.19. The van der Waals surface area contributed by atoms with Crippen LogP contribution in [0.25, 0.3) is 16.5 Å². The van der Waals surface area contributed by atoms with Crippen molar-refractivity contribution in [2.75, 3.05) is 20.2 Å². The van der Waals surface area contributed by atoms with Crippen LogP contribution in [0.5, 0.6) is 5.75 Å². The number of pyridine rings is 1. The fourth-order valence-corrected chi connectivity index (χ4v) is 2.86. The summed E-state index contributed by atoms with van der Waals surface area (Å²) in [5.74, 6) is 0.749. The molecule has 1 N–H and O–H groups in total. The van der Waals surface area contributed by atoms with Gasteiger partial charge in [-0.05, 0) is 32.8 Å². The van der Waals surface area contributed by atoms with Crippen LogP contribution < -0.4 is 4.74 Å². The van der Waals surface area contributed by atoms with Gasteiger partial charge in [0, 0.05) is 24.8 Å². The highest BCUT2D eigenvalue weighted by atomic mass is 16.6. The first-order valence-electron chi connectivity index (χ1n) is 8.05. The molecule has 2 aromatic rings. The van der Waals surface area contributed by atoms with Crippen LogP contribution in [-0.4, -0.2) is 46.8 Å². The number of fused-ring (bicyclic) bond motifs is 1. The van der Waals surface area contributed by atoms with Crippen molar-refractivity contribution >= 4 is 22.6 Å². The van der Waals surface area contributed by atoms with E-state index in [-0.39, 0.29) is 6.09 Å². The summed E-state index contributed by atoms with van der Waals surface area (Å²) in [5.41, 5.74) is 2.77. The molecule has 0 aromatic carbocycles. The molecule has 1 aliphatic heterocycles. The topological polar surface area (TPSA) is 67.5 Å². The molecule has 0 saturated carbocycles. The lowest BCUT2D eigenvalue weighted by atomic mass is 9.99. The lowest BCUT2D eigenvalue weighted by molar-refractivity contribution is 0.0270. The molecular formula is C18H23N3O3. The van der Waals surface area contributed by atoms with Gasteiger partial charge in [0.05, 0.1) is 30.4 Å². The number of ether oxygens (including phenoxy) is 2. The average Bonchev–Trinajstić information content (AvgIpc) is 2.97. The molecule has 0 fully saturated rings. The van der Waals surface area contributed by atoms with E-state index in [4.69, 9.17) is 9.47 Å². The molecule has 0 aliphatic carbocycles. The van der Waals surface area contributed by atoms with Crippen LogP contribution >= 0.6 is 0 Å². The Kier molecular flexibility index (Phi) is 4.22. The Morgan fingerprint density at radius 1 is 1.33 bits per heavy atom. The summed E-state index contributed by atoms with van der Waals surface area (Å²) in [6.45, 7) is 6.82. The summed E-state index contributed by atoms with van der Waals surface area (Å²) in [6.07, 6.45) is 8.07. The molecule has 3 rings (SSSR count). The van der Waals surface area contributed by atoms with Gasteiger partial charge in [-0.3, -0.25) is 4.98 Å². The van der Waals surface area contributed by atoms with Crippen molar-refractivity contribution in [3.05, 3.63) is 30.2 Å². The zero-order chi connectivity index (χ0) is 17.3. The predicted octanol–water partition coefficient (Wildman–Crippen LogP) is 3.60. The maximum atomic E-state index is 12.2. The van der Waals surface area contributed by atoms with E-state index >= 15 is 0 Å². The second-order valence-corrected chi connectivity index (χ2v) is 6.87. The Morgan fingerprint density at radius 3 is 2.75 bits per heavy atom. The molecule has 24 heavy (non-hydrogen) atoms. The quantitative estimate of drug-likeness (QED) is 0.914. The number of hydrogen-bond acceptors (Lipinski definition) is 4. The molecule has 0 atom stereocenters. The van der Waals surface area contributed by atoms with E-state index in [1.165, 1.54) is 5.57 Å². The third-order valence-electron chi connectivity index (χ3n) is 3.98. The molecule has 0 spiro atoms. The van der Waals surface area contributed by atoms with Crippen LogP contribution in [0.15, 0.2) is 24.7 Å². The highest BCUT2D eigenvalue weighted by Gasteiger charge is 2.24. The number of nitrogens with zero attached hydrogens (tertiary/aromatic N) is 2. The largest absolute Gasteiger partial charge is 0.494 e. The number of H-pyrrole nitrogens is 1. The lowest BCUT2D eigenvalue weighted by Gasteiger charge is -2.29. The normalized spacial score (nSPS) is 15.3. The Balaban J connectivity index is 1.82. The van der Waals surface area contributed by atoms with Gasteiger partial charge in [-0.15, -0.1) is 0 Å². The van der Waals surface area contributed by atoms with Gasteiger partial charge in [0.25, 0.3) is 0 Å². The maximum Gasteiger partial charge on any atom is 0.410 e. The van der Waals surface area contributed by atoms with E-state index in [1.54, 1.807) is 24.4 Å². The molecule has 6 nitrogen and oxygen atoms in total. The van der Waals surface area contributed by atoms with Crippen LogP contribution in [0.1, 0.15) is 32.8 Å². The molecule has 3 heterocycles. The van der Waals surface area contributed by atoms with Gasteiger partial charge in [-0.2, -0.15) is 0 Å². The van der Waals surface area contributed by atoms with E-state index < -0.39 is 5.60 Å². The van der Waals surface area contributed by atoms with Gasteiger partial charge in [0.2, 0.25) is 0 Å². The Bertz CT molecular complexity index is 786. The number of carbonyl (C=O) groups is 1. The third kappa shape index (κ3) is 3.22. The first-order valence-corrected chi connectivity index (χ1v) is 8.05. The van der Waals surface area contributed by atoms with Gasteiger partial charge >= 0.3 is 6.09 Å². The molecule has 0 saturated heterocycles. The van der Waals surface area contributed by atoms with Gasteiger partial charge in [-0.25, -0.2) is 4.79 Å². The fourth-order valence-electron chi connectivity index (χ4n) is 2.86. The third-order valence-corrected chi connectivity index (χ3v) is 3.98. The highest BCUT2D eigenvalue weighted by molar-refractivity contribution is 5.96. The van der Waals surface area contributed by atoms with Crippen molar-refractivity contribution in [2.24, 2.45) is 0 Å². The predicted molar refractivity (Wildman–Crippen MR) is 93.0 cm³/mol. The van der Waals surface area contributed by atoms with Crippen LogP contribution in [-0.2, 0) is 4.74 Å². The minimum Gasteiger partial charge on any atom is -0.494 e. The van der Waals surface area contributed by atoms with Gasteiger partial charge in [0.15, 0.2) is 0 Å². The van der Waals surface area contributed by atoms with Crippen molar-refractivity contribution in [1.82, 2.24) is 14.9 Å². The van der Waals surface area contributed by atoms with Crippen molar-refractivity contribution in [3.63, 3.8) is 0 Å². The molecule has 6 heteroatoms. The second-order valence-electron chi connectivity index (χ2n) is 6.87. The van der Waals surface area contributed by atoms with E-state index in [0.29, 0.717) is 13.1 Å². The van der Waals surface area contributed by atoms with Crippen LogP contribution in [0.4, 0.5) is 4.79 Å². The van der Waals surface area contributed by atoms with Crippen molar-refractivity contribution in [3.8, 4) is 5.75 Å². The number of amides is 1. The van der Waals surface area contributed by atoms with Crippen molar-refractivity contribution < 1.29 is 14.3 Å². The molecule has 2 aromatic heterocycles. The number of aromatic amines is 1.